The lowest BCUT2D eigenvalue weighted by Crippen LogP contribution is -2.01. The lowest BCUT2D eigenvalue weighted by atomic mass is 10.2. The van der Waals surface area contributed by atoms with Crippen LogP contribution in [-0.2, 0) is 13.1 Å². The SMILES string of the molecule is Cc1cc(O)ccc1NCc1cn(CCCO)nn1. The molecule has 2 rings (SSSR count). The molecule has 3 N–H and O–H groups in total. The lowest BCUT2D eigenvalue weighted by molar-refractivity contribution is 0.276. The Labute approximate surface area is 111 Å². The highest BCUT2D eigenvalue weighted by molar-refractivity contribution is 5.53. The second kappa shape index (κ2) is 6.19. The molecule has 0 aliphatic rings. The highest BCUT2D eigenvalue weighted by Crippen LogP contribution is 2.20. The van der Waals surface area contributed by atoms with Crippen molar-refractivity contribution in [1.82, 2.24) is 15.0 Å². The highest BCUT2D eigenvalue weighted by atomic mass is 16.3. The third kappa shape index (κ3) is 3.69. The summed E-state index contributed by atoms with van der Waals surface area (Å²) >= 11 is 0. The maximum atomic E-state index is 9.33. The lowest BCUT2D eigenvalue weighted by Gasteiger charge is -2.07. The van der Waals surface area contributed by atoms with Crippen LogP contribution < -0.4 is 5.32 Å². The zero-order chi connectivity index (χ0) is 13.7. The van der Waals surface area contributed by atoms with Crippen molar-refractivity contribution in [2.24, 2.45) is 0 Å². The van der Waals surface area contributed by atoms with Crippen LogP contribution in [0.2, 0.25) is 0 Å². The Balaban J connectivity index is 1.92. The Morgan fingerprint density at radius 1 is 1.37 bits per heavy atom. The number of phenols is 1. The van der Waals surface area contributed by atoms with Gasteiger partial charge in [-0.3, -0.25) is 4.68 Å². The first kappa shape index (κ1) is 13.4. The van der Waals surface area contributed by atoms with Gasteiger partial charge in [-0.15, -0.1) is 5.10 Å². The van der Waals surface area contributed by atoms with Crippen LogP contribution in [0.5, 0.6) is 5.75 Å². The summed E-state index contributed by atoms with van der Waals surface area (Å²) in [7, 11) is 0. The molecule has 1 aromatic heterocycles. The van der Waals surface area contributed by atoms with Gasteiger partial charge in [-0.2, -0.15) is 0 Å². The summed E-state index contributed by atoms with van der Waals surface area (Å²) in [6.07, 6.45) is 2.53. The quantitative estimate of drug-likeness (QED) is 0.683. The fraction of sp³-hybridized carbons (Fsp3) is 0.385. The van der Waals surface area contributed by atoms with Crippen LogP contribution in [0.4, 0.5) is 5.69 Å². The van der Waals surface area contributed by atoms with Crippen LogP contribution in [0.3, 0.4) is 0 Å². The Morgan fingerprint density at radius 2 is 2.21 bits per heavy atom. The van der Waals surface area contributed by atoms with Gasteiger partial charge >= 0.3 is 0 Å². The predicted octanol–water partition coefficient (Wildman–Crippen LogP) is 1.29. The number of rotatable bonds is 6. The van der Waals surface area contributed by atoms with Crippen molar-refractivity contribution >= 4 is 5.69 Å². The largest absolute Gasteiger partial charge is 0.508 e. The second-order valence-corrected chi connectivity index (χ2v) is 4.40. The number of phenolic OH excluding ortho intramolecular Hbond substituents is 1. The van der Waals surface area contributed by atoms with Crippen LogP contribution in [0.25, 0.3) is 0 Å². The molecule has 102 valence electrons. The predicted molar refractivity (Wildman–Crippen MR) is 71.9 cm³/mol. The van der Waals surface area contributed by atoms with Gasteiger partial charge in [-0.05, 0) is 37.1 Å². The summed E-state index contributed by atoms with van der Waals surface area (Å²) in [6.45, 7) is 3.33. The van der Waals surface area contributed by atoms with Crippen LogP contribution in [0, 0.1) is 6.92 Å². The molecular weight excluding hydrogens is 244 g/mol. The van der Waals surface area contributed by atoms with Crippen molar-refractivity contribution in [3.63, 3.8) is 0 Å². The van der Waals surface area contributed by atoms with E-state index in [0.29, 0.717) is 19.5 Å². The number of nitrogens with one attached hydrogen (secondary N) is 1. The minimum atomic E-state index is 0.153. The highest BCUT2D eigenvalue weighted by Gasteiger charge is 2.03. The zero-order valence-electron chi connectivity index (χ0n) is 10.9. The van der Waals surface area contributed by atoms with E-state index in [1.165, 1.54) is 0 Å². The summed E-state index contributed by atoms with van der Waals surface area (Å²) in [4.78, 5) is 0. The van der Waals surface area contributed by atoms with Crippen molar-refractivity contribution in [3.8, 4) is 5.75 Å². The molecule has 19 heavy (non-hydrogen) atoms. The van der Waals surface area contributed by atoms with Gasteiger partial charge in [0, 0.05) is 18.8 Å². The molecule has 0 spiro atoms. The molecule has 1 heterocycles. The summed E-state index contributed by atoms with van der Waals surface area (Å²) in [5, 5.41) is 29.4. The Morgan fingerprint density at radius 3 is 2.95 bits per heavy atom. The van der Waals surface area contributed by atoms with Crippen molar-refractivity contribution in [1.29, 1.82) is 0 Å². The summed E-state index contributed by atoms with van der Waals surface area (Å²) in [6, 6.07) is 5.19. The van der Waals surface area contributed by atoms with E-state index in [9.17, 15) is 5.11 Å². The second-order valence-electron chi connectivity index (χ2n) is 4.40. The average molecular weight is 262 g/mol. The van der Waals surface area contributed by atoms with Gasteiger partial charge in [0.15, 0.2) is 0 Å². The fourth-order valence-electron chi connectivity index (χ4n) is 1.79. The van der Waals surface area contributed by atoms with Gasteiger partial charge in [-0.1, -0.05) is 5.21 Å². The molecule has 6 heteroatoms. The molecule has 0 amide bonds. The minimum Gasteiger partial charge on any atom is -0.508 e. The maximum absolute atomic E-state index is 9.33. The summed E-state index contributed by atoms with van der Waals surface area (Å²) in [5.41, 5.74) is 2.78. The van der Waals surface area contributed by atoms with Gasteiger partial charge in [0.25, 0.3) is 0 Å². The van der Waals surface area contributed by atoms with E-state index >= 15 is 0 Å². The molecule has 0 unspecified atom stereocenters. The first-order valence-corrected chi connectivity index (χ1v) is 6.22. The minimum absolute atomic E-state index is 0.153. The fourth-order valence-corrected chi connectivity index (χ4v) is 1.79. The molecule has 0 radical (unpaired) electrons. The van der Waals surface area contributed by atoms with Gasteiger partial charge in [0.1, 0.15) is 11.4 Å². The van der Waals surface area contributed by atoms with E-state index in [4.69, 9.17) is 5.11 Å². The van der Waals surface area contributed by atoms with Crippen LogP contribution in [-0.4, -0.2) is 31.8 Å². The van der Waals surface area contributed by atoms with Crippen molar-refractivity contribution in [2.45, 2.75) is 26.4 Å². The third-order valence-corrected chi connectivity index (χ3v) is 2.80. The number of aliphatic hydroxyl groups excluding tert-OH is 1. The molecule has 0 fully saturated rings. The number of aromatic nitrogens is 3. The molecule has 1 aromatic carbocycles. The van der Waals surface area contributed by atoms with E-state index in [1.54, 1.807) is 16.8 Å². The number of anilines is 1. The van der Waals surface area contributed by atoms with E-state index in [-0.39, 0.29) is 12.4 Å². The number of benzene rings is 1. The Hall–Kier alpha value is -2.08. The molecule has 0 atom stereocenters. The summed E-state index contributed by atoms with van der Waals surface area (Å²) in [5.74, 6) is 0.262. The number of nitrogens with zero attached hydrogens (tertiary/aromatic N) is 3. The monoisotopic (exact) mass is 262 g/mol. The molecule has 0 saturated heterocycles. The molecular formula is C13H18N4O2. The van der Waals surface area contributed by atoms with Gasteiger partial charge in [0.2, 0.25) is 0 Å². The third-order valence-electron chi connectivity index (χ3n) is 2.80. The number of hydrogen-bond donors (Lipinski definition) is 3. The van der Waals surface area contributed by atoms with Crippen molar-refractivity contribution in [3.05, 3.63) is 35.7 Å². The number of aryl methyl sites for hydroxylation is 2. The number of hydrogen-bond acceptors (Lipinski definition) is 5. The van der Waals surface area contributed by atoms with E-state index in [2.05, 4.69) is 15.6 Å². The van der Waals surface area contributed by atoms with E-state index in [0.717, 1.165) is 16.9 Å². The summed E-state index contributed by atoms with van der Waals surface area (Å²) < 4.78 is 1.72. The number of aliphatic hydroxyl groups is 1. The zero-order valence-corrected chi connectivity index (χ0v) is 10.9. The van der Waals surface area contributed by atoms with Crippen LogP contribution in [0.15, 0.2) is 24.4 Å². The molecule has 0 aliphatic carbocycles. The molecule has 0 aliphatic heterocycles. The van der Waals surface area contributed by atoms with Gasteiger partial charge < -0.3 is 15.5 Å². The van der Waals surface area contributed by atoms with Gasteiger partial charge in [0.05, 0.1) is 12.7 Å². The molecule has 6 nitrogen and oxygen atoms in total. The van der Waals surface area contributed by atoms with Crippen LogP contribution >= 0.6 is 0 Å². The Kier molecular flexibility index (Phi) is 4.35. The smallest absolute Gasteiger partial charge is 0.115 e. The first-order chi connectivity index (χ1) is 9.19. The standard InChI is InChI=1S/C13H18N4O2/c1-10-7-12(19)3-4-13(10)14-8-11-9-17(16-15-11)5-2-6-18/h3-4,7,9,14,18-19H,2,5-6,8H2,1H3. The van der Waals surface area contributed by atoms with Crippen LogP contribution in [0.1, 0.15) is 17.7 Å². The number of aromatic hydroxyl groups is 1. The molecule has 0 saturated carbocycles. The normalized spacial score (nSPS) is 10.6. The van der Waals surface area contributed by atoms with E-state index < -0.39 is 0 Å². The topological polar surface area (TPSA) is 83.2 Å². The first-order valence-electron chi connectivity index (χ1n) is 6.22. The Bertz CT molecular complexity index is 539. The van der Waals surface area contributed by atoms with Crippen molar-refractivity contribution < 1.29 is 10.2 Å². The molecule has 0 bridgehead atoms. The van der Waals surface area contributed by atoms with E-state index in [1.807, 2.05) is 19.2 Å². The van der Waals surface area contributed by atoms with Crippen molar-refractivity contribution in [2.75, 3.05) is 11.9 Å². The maximum Gasteiger partial charge on any atom is 0.115 e. The molecule has 2 aromatic rings. The average Bonchev–Trinajstić information content (AvgIpc) is 2.83. The van der Waals surface area contributed by atoms with Gasteiger partial charge in [-0.25, -0.2) is 0 Å².